The van der Waals surface area contributed by atoms with Gasteiger partial charge in [-0.25, -0.2) is 0 Å². The number of aromatic nitrogens is 3. The molecular weight excluding hydrogens is 290 g/mol. The van der Waals surface area contributed by atoms with Crippen LogP contribution in [0.1, 0.15) is 33.6 Å². The highest BCUT2D eigenvalue weighted by atomic mass is 15.2. The molecule has 0 saturated heterocycles. The van der Waals surface area contributed by atoms with E-state index in [0.717, 1.165) is 23.7 Å². The molecule has 0 amide bonds. The average Bonchev–Trinajstić information content (AvgIpc) is 2.46. The second kappa shape index (κ2) is 7.62. The Bertz CT molecular complexity index is 605. The van der Waals surface area contributed by atoms with Crippen LogP contribution in [-0.2, 0) is 0 Å². The predicted octanol–water partition coefficient (Wildman–Crippen LogP) is 3.02. The zero-order chi connectivity index (χ0) is 16.8. The molecular formula is C16H25N7. The van der Waals surface area contributed by atoms with Crippen LogP contribution in [0, 0.1) is 5.92 Å². The molecule has 0 aliphatic heterocycles. The number of benzene rings is 1. The Labute approximate surface area is 136 Å². The summed E-state index contributed by atoms with van der Waals surface area (Å²) in [7, 11) is 0. The van der Waals surface area contributed by atoms with Crippen LogP contribution in [-0.4, -0.2) is 21.0 Å². The van der Waals surface area contributed by atoms with Crippen molar-refractivity contribution in [3.8, 4) is 0 Å². The fourth-order valence-electron chi connectivity index (χ4n) is 2.18. The molecule has 0 aliphatic rings. The highest BCUT2D eigenvalue weighted by molar-refractivity contribution is 5.59. The van der Waals surface area contributed by atoms with Gasteiger partial charge in [0.1, 0.15) is 0 Å². The van der Waals surface area contributed by atoms with Crippen molar-refractivity contribution in [2.45, 2.75) is 39.7 Å². The van der Waals surface area contributed by atoms with Crippen molar-refractivity contribution in [3.05, 3.63) is 24.3 Å². The van der Waals surface area contributed by atoms with E-state index in [4.69, 9.17) is 11.5 Å². The molecule has 7 heteroatoms. The van der Waals surface area contributed by atoms with Crippen molar-refractivity contribution in [1.82, 2.24) is 15.0 Å². The third-order valence-electron chi connectivity index (χ3n) is 3.40. The van der Waals surface area contributed by atoms with Crippen LogP contribution >= 0.6 is 0 Å². The molecule has 23 heavy (non-hydrogen) atoms. The zero-order valence-electron chi connectivity index (χ0n) is 13.9. The molecule has 1 heterocycles. The summed E-state index contributed by atoms with van der Waals surface area (Å²) in [5, 5.41) is 6.55. The lowest BCUT2D eigenvalue weighted by molar-refractivity contribution is 0.528. The van der Waals surface area contributed by atoms with Crippen molar-refractivity contribution in [3.63, 3.8) is 0 Å². The molecule has 6 N–H and O–H groups in total. The summed E-state index contributed by atoms with van der Waals surface area (Å²) in [6, 6.07) is 8.38. The van der Waals surface area contributed by atoms with Gasteiger partial charge in [-0.3, -0.25) is 0 Å². The van der Waals surface area contributed by atoms with Gasteiger partial charge >= 0.3 is 0 Å². The number of anilines is 5. The molecule has 0 fully saturated rings. The minimum atomic E-state index is 0.0947. The number of hydrogen-bond donors (Lipinski definition) is 4. The first-order valence-electron chi connectivity index (χ1n) is 7.83. The van der Waals surface area contributed by atoms with Crippen LogP contribution in [0.5, 0.6) is 0 Å². The van der Waals surface area contributed by atoms with Gasteiger partial charge in [-0.2, -0.15) is 15.0 Å². The molecule has 1 unspecified atom stereocenters. The van der Waals surface area contributed by atoms with Gasteiger partial charge in [-0.1, -0.05) is 13.8 Å². The fourth-order valence-corrected chi connectivity index (χ4v) is 2.18. The predicted molar refractivity (Wildman–Crippen MR) is 95.5 cm³/mol. The SMILES string of the molecule is CC(C)CCC(C)Nc1ccc(Nc2nc(N)nc(N)n2)cc1. The normalized spacial score (nSPS) is 12.2. The Morgan fingerprint density at radius 3 is 2.00 bits per heavy atom. The van der Waals surface area contributed by atoms with Crippen molar-refractivity contribution in [1.29, 1.82) is 0 Å². The molecule has 7 nitrogen and oxygen atoms in total. The molecule has 2 rings (SSSR count). The zero-order valence-corrected chi connectivity index (χ0v) is 13.9. The molecule has 0 bridgehead atoms. The van der Waals surface area contributed by atoms with Gasteiger partial charge in [0.25, 0.3) is 0 Å². The molecule has 2 aromatic rings. The standard InChI is InChI=1S/C16H25N7/c1-10(2)4-5-11(3)19-12-6-8-13(9-7-12)20-16-22-14(17)21-15(18)23-16/h6-11,19H,4-5H2,1-3H3,(H5,17,18,20,21,22,23). The lowest BCUT2D eigenvalue weighted by atomic mass is 10.0. The topological polar surface area (TPSA) is 115 Å². The van der Waals surface area contributed by atoms with Gasteiger partial charge in [0.15, 0.2) is 0 Å². The average molecular weight is 315 g/mol. The second-order valence-corrected chi connectivity index (χ2v) is 6.09. The fraction of sp³-hybridized carbons (Fsp3) is 0.438. The van der Waals surface area contributed by atoms with Crippen molar-refractivity contribution < 1.29 is 0 Å². The van der Waals surface area contributed by atoms with Crippen LogP contribution < -0.4 is 22.1 Å². The molecule has 0 aliphatic carbocycles. The maximum absolute atomic E-state index is 5.55. The molecule has 1 atom stereocenters. The van der Waals surface area contributed by atoms with Crippen LogP contribution in [0.15, 0.2) is 24.3 Å². The van der Waals surface area contributed by atoms with Gasteiger partial charge in [0.2, 0.25) is 17.8 Å². The summed E-state index contributed by atoms with van der Waals surface area (Å²) >= 11 is 0. The van der Waals surface area contributed by atoms with Crippen molar-refractivity contribution in [2.75, 3.05) is 22.1 Å². The van der Waals surface area contributed by atoms with Crippen LogP contribution in [0.3, 0.4) is 0 Å². The maximum Gasteiger partial charge on any atom is 0.233 e. The summed E-state index contributed by atoms with van der Waals surface area (Å²) in [5.74, 6) is 1.25. The van der Waals surface area contributed by atoms with Gasteiger partial charge in [0, 0.05) is 17.4 Å². The minimum absolute atomic E-state index is 0.0947. The molecule has 124 valence electrons. The second-order valence-electron chi connectivity index (χ2n) is 6.09. The Kier molecular flexibility index (Phi) is 5.56. The van der Waals surface area contributed by atoms with E-state index in [-0.39, 0.29) is 11.9 Å². The Morgan fingerprint density at radius 2 is 1.43 bits per heavy atom. The van der Waals surface area contributed by atoms with Crippen molar-refractivity contribution in [2.24, 2.45) is 5.92 Å². The van der Waals surface area contributed by atoms with E-state index >= 15 is 0 Å². The first-order chi connectivity index (χ1) is 10.9. The minimum Gasteiger partial charge on any atom is -0.383 e. The Hall–Kier alpha value is -2.57. The van der Waals surface area contributed by atoms with E-state index in [9.17, 15) is 0 Å². The van der Waals surface area contributed by atoms with E-state index in [1.807, 2.05) is 24.3 Å². The quantitative estimate of drug-likeness (QED) is 0.620. The van der Waals surface area contributed by atoms with E-state index in [0.29, 0.717) is 12.0 Å². The molecule has 0 radical (unpaired) electrons. The smallest absolute Gasteiger partial charge is 0.233 e. The van der Waals surface area contributed by atoms with Gasteiger partial charge in [0.05, 0.1) is 0 Å². The summed E-state index contributed by atoms with van der Waals surface area (Å²) in [4.78, 5) is 11.7. The molecule has 1 aromatic carbocycles. The summed E-state index contributed by atoms with van der Waals surface area (Å²) < 4.78 is 0. The first kappa shape index (κ1) is 16.8. The van der Waals surface area contributed by atoms with Gasteiger partial charge in [-0.15, -0.1) is 0 Å². The number of nitrogens with one attached hydrogen (secondary N) is 2. The van der Waals surface area contributed by atoms with E-state index < -0.39 is 0 Å². The van der Waals surface area contributed by atoms with Gasteiger partial charge in [-0.05, 0) is 49.9 Å². The number of rotatable bonds is 7. The van der Waals surface area contributed by atoms with Crippen molar-refractivity contribution >= 4 is 29.2 Å². The van der Waals surface area contributed by atoms with Crippen LogP contribution in [0.25, 0.3) is 0 Å². The molecule has 0 saturated carbocycles. The highest BCUT2D eigenvalue weighted by Gasteiger charge is 2.05. The van der Waals surface area contributed by atoms with E-state index in [1.165, 1.54) is 6.42 Å². The monoisotopic (exact) mass is 315 g/mol. The summed E-state index contributed by atoms with van der Waals surface area (Å²) in [6.45, 7) is 6.69. The first-order valence-corrected chi connectivity index (χ1v) is 7.83. The molecule has 1 aromatic heterocycles. The number of nitrogens with zero attached hydrogens (tertiary/aromatic N) is 3. The number of nitrogen functional groups attached to an aromatic ring is 2. The lowest BCUT2D eigenvalue weighted by Crippen LogP contribution is -2.15. The lowest BCUT2D eigenvalue weighted by Gasteiger charge is -2.16. The van der Waals surface area contributed by atoms with E-state index in [1.54, 1.807) is 0 Å². The van der Waals surface area contributed by atoms with Gasteiger partial charge < -0.3 is 22.1 Å². The third-order valence-corrected chi connectivity index (χ3v) is 3.40. The molecule has 0 spiro atoms. The number of hydrogen-bond acceptors (Lipinski definition) is 7. The Morgan fingerprint density at radius 1 is 0.870 bits per heavy atom. The summed E-state index contributed by atoms with van der Waals surface area (Å²) in [5.41, 5.74) is 13.0. The highest BCUT2D eigenvalue weighted by Crippen LogP contribution is 2.19. The maximum atomic E-state index is 5.55. The number of nitrogens with two attached hydrogens (primary N) is 2. The van der Waals surface area contributed by atoms with Crippen LogP contribution in [0.4, 0.5) is 29.2 Å². The third kappa shape index (κ3) is 5.61. The Balaban J connectivity index is 1.94. The summed E-state index contributed by atoms with van der Waals surface area (Å²) in [6.07, 6.45) is 2.37. The van der Waals surface area contributed by atoms with Crippen LogP contribution in [0.2, 0.25) is 0 Å². The largest absolute Gasteiger partial charge is 0.383 e. The van der Waals surface area contributed by atoms with E-state index in [2.05, 4.69) is 46.4 Å².